The Morgan fingerprint density at radius 1 is 0.971 bits per heavy atom. The van der Waals surface area contributed by atoms with Crippen LogP contribution in [0.2, 0.25) is 5.02 Å². The highest BCUT2D eigenvalue weighted by atomic mass is 35.5. The lowest BCUT2D eigenvalue weighted by atomic mass is 10.2. The highest BCUT2D eigenvalue weighted by Crippen LogP contribution is 2.32. The molecule has 0 radical (unpaired) electrons. The van der Waals surface area contributed by atoms with Crippen molar-refractivity contribution >= 4 is 33.2 Å². The number of nitrogens with one attached hydrogen (secondary N) is 1. The molecule has 1 amide bonds. The van der Waals surface area contributed by atoms with Gasteiger partial charge in [0, 0.05) is 11.6 Å². The molecule has 0 aliphatic rings. The van der Waals surface area contributed by atoms with Gasteiger partial charge in [-0.25, -0.2) is 8.42 Å². The number of ether oxygens (including phenoxy) is 2. The molecule has 0 aliphatic heterocycles. The van der Waals surface area contributed by atoms with E-state index in [1.807, 2.05) is 19.1 Å². The Morgan fingerprint density at radius 3 is 2.29 bits per heavy atom. The maximum atomic E-state index is 13.8. The van der Waals surface area contributed by atoms with E-state index in [1.165, 1.54) is 19.2 Å². The second-order valence-corrected chi connectivity index (χ2v) is 9.96. The second-order valence-electron chi connectivity index (χ2n) is 7.72. The maximum absolute atomic E-state index is 13.8. The number of anilines is 1. The Hall–Kier alpha value is -3.23. The van der Waals surface area contributed by atoms with Crippen molar-refractivity contribution in [3.63, 3.8) is 0 Å². The molecule has 0 aromatic heterocycles. The first-order valence-corrected chi connectivity index (χ1v) is 12.3. The summed E-state index contributed by atoms with van der Waals surface area (Å²) in [5.41, 5.74) is 2.66. The molecule has 3 aromatic rings. The number of carbonyl (C=O) groups excluding carboxylic acids is 1. The first-order chi connectivity index (χ1) is 16.1. The molecule has 180 valence electrons. The van der Waals surface area contributed by atoms with Gasteiger partial charge < -0.3 is 14.8 Å². The number of nitrogens with zero attached hydrogens (tertiary/aromatic N) is 1. The fraction of sp³-hybridized carbons (Fsp3) is 0.240. The second kappa shape index (κ2) is 10.8. The van der Waals surface area contributed by atoms with Crippen molar-refractivity contribution in [2.45, 2.75) is 25.3 Å². The van der Waals surface area contributed by atoms with Crippen molar-refractivity contribution in [2.75, 3.05) is 25.1 Å². The molecule has 0 aliphatic carbocycles. The lowest BCUT2D eigenvalue weighted by Gasteiger charge is -2.25. The number of methoxy groups -OCH3 is 2. The first kappa shape index (κ1) is 25.4. The maximum Gasteiger partial charge on any atom is 0.268 e. The number of sulfonamides is 1. The number of hydrogen-bond donors (Lipinski definition) is 1. The Labute approximate surface area is 205 Å². The van der Waals surface area contributed by atoms with Crippen molar-refractivity contribution < 1.29 is 22.7 Å². The number of benzene rings is 3. The average Bonchev–Trinajstić information content (AvgIpc) is 2.83. The standard InChI is InChI=1S/C25H27ClN2O5S/c1-17-5-12-23(33-4)24(13-17)34(30,31)28(20-9-6-18(2)22(26)14-20)16-25(29)27-15-19-7-10-21(32-3)11-8-19/h5-14H,15-16H2,1-4H3,(H,27,29). The summed E-state index contributed by atoms with van der Waals surface area (Å²) < 4.78 is 39.0. The van der Waals surface area contributed by atoms with E-state index >= 15 is 0 Å². The quantitative estimate of drug-likeness (QED) is 0.466. The molecular weight excluding hydrogens is 476 g/mol. The summed E-state index contributed by atoms with van der Waals surface area (Å²) in [7, 11) is -1.19. The zero-order valence-electron chi connectivity index (χ0n) is 19.5. The van der Waals surface area contributed by atoms with Gasteiger partial charge in [-0.1, -0.05) is 35.9 Å². The summed E-state index contributed by atoms with van der Waals surface area (Å²) in [6, 6.07) is 17.0. The van der Waals surface area contributed by atoms with Crippen LogP contribution in [-0.2, 0) is 21.4 Å². The largest absolute Gasteiger partial charge is 0.497 e. The van der Waals surface area contributed by atoms with Gasteiger partial charge in [-0.05, 0) is 66.9 Å². The van der Waals surface area contributed by atoms with E-state index in [9.17, 15) is 13.2 Å². The monoisotopic (exact) mass is 502 g/mol. The summed E-state index contributed by atoms with van der Waals surface area (Å²) >= 11 is 6.28. The Morgan fingerprint density at radius 2 is 1.68 bits per heavy atom. The third-order valence-electron chi connectivity index (χ3n) is 5.27. The predicted molar refractivity (Wildman–Crippen MR) is 133 cm³/mol. The van der Waals surface area contributed by atoms with Crippen LogP contribution in [0.5, 0.6) is 11.5 Å². The molecule has 34 heavy (non-hydrogen) atoms. The smallest absolute Gasteiger partial charge is 0.268 e. The molecule has 0 saturated heterocycles. The molecule has 1 N–H and O–H groups in total. The minimum absolute atomic E-state index is 0.0327. The molecule has 0 fully saturated rings. The van der Waals surface area contributed by atoms with Crippen LogP contribution in [0.25, 0.3) is 0 Å². The van der Waals surface area contributed by atoms with E-state index < -0.39 is 22.5 Å². The van der Waals surface area contributed by atoms with Crippen LogP contribution in [0.15, 0.2) is 65.6 Å². The highest BCUT2D eigenvalue weighted by Gasteiger charge is 2.30. The molecule has 0 atom stereocenters. The highest BCUT2D eigenvalue weighted by molar-refractivity contribution is 7.93. The van der Waals surface area contributed by atoms with Gasteiger partial charge in [0.15, 0.2) is 0 Å². The molecule has 0 bridgehead atoms. The summed E-state index contributed by atoms with van der Waals surface area (Å²) in [6.45, 7) is 3.40. The normalized spacial score (nSPS) is 11.1. The molecule has 0 spiro atoms. The van der Waals surface area contributed by atoms with E-state index in [4.69, 9.17) is 21.1 Å². The number of halogens is 1. The van der Waals surface area contributed by atoms with Gasteiger partial charge in [-0.3, -0.25) is 9.10 Å². The van der Waals surface area contributed by atoms with Crippen molar-refractivity contribution in [3.8, 4) is 11.5 Å². The molecule has 0 unspecified atom stereocenters. The Balaban J connectivity index is 1.93. The number of amides is 1. The number of carbonyl (C=O) groups is 1. The number of hydrogen-bond acceptors (Lipinski definition) is 5. The summed E-state index contributed by atoms with van der Waals surface area (Å²) in [5, 5.41) is 3.17. The lowest BCUT2D eigenvalue weighted by Crippen LogP contribution is -2.40. The van der Waals surface area contributed by atoms with Crippen LogP contribution in [-0.4, -0.2) is 35.1 Å². The minimum atomic E-state index is -4.16. The lowest BCUT2D eigenvalue weighted by molar-refractivity contribution is -0.119. The van der Waals surface area contributed by atoms with Crippen molar-refractivity contribution in [3.05, 3.63) is 82.4 Å². The van der Waals surface area contributed by atoms with Gasteiger partial charge >= 0.3 is 0 Å². The van der Waals surface area contributed by atoms with Crippen LogP contribution >= 0.6 is 11.6 Å². The van der Waals surface area contributed by atoms with Gasteiger partial charge in [-0.15, -0.1) is 0 Å². The van der Waals surface area contributed by atoms with Crippen LogP contribution in [0.3, 0.4) is 0 Å². The van der Waals surface area contributed by atoms with Gasteiger partial charge in [-0.2, -0.15) is 0 Å². The SMILES string of the molecule is COc1ccc(CNC(=O)CN(c2ccc(C)c(Cl)c2)S(=O)(=O)c2cc(C)ccc2OC)cc1. The zero-order valence-corrected chi connectivity index (χ0v) is 21.0. The molecular formula is C25H27ClN2O5S. The third kappa shape index (κ3) is 5.81. The van der Waals surface area contributed by atoms with E-state index in [2.05, 4.69) is 5.32 Å². The van der Waals surface area contributed by atoms with Crippen LogP contribution in [0, 0.1) is 13.8 Å². The number of aryl methyl sites for hydroxylation is 2. The van der Waals surface area contributed by atoms with Crippen LogP contribution in [0.1, 0.15) is 16.7 Å². The first-order valence-electron chi connectivity index (χ1n) is 10.5. The van der Waals surface area contributed by atoms with Crippen LogP contribution < -0.4 is 19.1 Å². The predicted octanol–water partition coefficient (Wildman–Crippen LogP) is 4.49. The fourth-order valence-corrected chi connectivity index (χ4v) is 5.12. The van der Waals surface area contributed by atoms with E-state index in [1.54, 1.807) is 50.4 Å². The van der Waals surface area contributed by atoms with E-state index in [0.29, 0.717) is 10.8 Å². The van der Waals surface area contributed by atoms with Crippen molar-refractivity contribution in [2.24, 2.45) is 0 Å². The summed E-state index contributed by atoms with van der Waals surface area (Å²) in [6.07, 6.45) is 0. The fourth-order valence-electron chi connectivity index (χ4n) is 3.29. The topological polar surface area (TPSA) is 84.9 Å². The molecule has 3 aromatic carbocycles. The van der Waals surface area contributed by atoms with Gasteiger partial charge in [0.1, 0.15) is 22.9 Å². The molecule has 3 rings (SSSR count). The number of rotatable bonds is 9. The molecule has 9 heteroatoms. The Kier molecular flexibility index (Phi) is 8.06. The van der Waals surface area contributed by atoms with Gasteiger partial charge in [0.2, 0.25) is 5.91 Å². The average molecular weight is 503 g/mol. The van der Waals surface area contributed by atoms with Crippen molar-refractivity contribution in [1.82, 2.24) is 5.32 Å². The molecule has 0 heterocycles. The molecule has 0 saturated carbocycles. The molecule has 7 nitrogen and oxygen atoms in total. The summed E-state index contributed by atoms with van der Waals surface area (Å²) in [4.78, 5) is 12.8. The van der Waals surface area contributed by atoms with E-state index in [-0.39, 0.29) is 22.9 Å². The van der Waals surface area contributed by atoms with E-state index in [0.717, 1.165) is 21.0 Å². The Bertz CT molecular complexity index is 1280. The summed E-state index contributed by atoms with van der Waals surface area (Å²) in [5.74, 6) is 0.422. The van der Waals surface area contributed by atoms with Crippen LogP contribution in [0.4, 0.5) is 5.69 Å². The van der Waals surface area contributed by atoms with Gasteiger partial charge in [0.25, 0.3) is 10.0 Å². The minimum Gasteiger partial charge on any atom is -0.497 e. The van der Waals surface area contributed by atoms with Gasteiger partial charge in [0.05, 0.1) is 19.9 Å². The zero-order chi connectivity index (χ0) is 24.9. The van der Waals surface area contributed by atoms with Crippen molar-refractivity contribution in [1.29, 1.82) is 0 Å². The third-order valence-corrected chi connectivity index (χ3v) is 7.47.